The van der Waals surface area contributed by atoms with E-state index in [0.29, 0.717) is 44.7 Å². The standard InChI is InChI=1S/C32H44N8O6/c1-45-21-29(42)37-16-11-32(12-17-37)19-28(41)33-26(18-22-20-40(36-35-22)24-5-7-25(46-2)8-6-24)31(44)38-14-9-23(10-15-38)39-13-3-4-27(39)30(43)34-32/h5-8,20,23,26-27H,3-4,9-19,21H2,1-2H3,(H,33,41)(H,34,43)/t26-,27+/m1/s1. The van der Waals surface area contributed by atoms with E-state index in [1.807, 2.05) is 29.2 Å². The fourth-order valence-electron chi connectivity index (χ4n) is 7.45. The number of methoxy groups -OCH3 is 2. The molecule has 5 fully saturated rings. The van der Waals surface area contributed by atoms with Gasteiger partial charge in [-0.25, -0.2) is 4.68 Å². The number of rotatable bonds is 6. The molecule has 46 heavy (non-hydrogen) atoms. The summed E-state index contributed by atoms with van der Waals surface area (Å²) in [5.74, 6) is 0.0907. The highest BCUT2D eigenvalue weighted by Crippen LogP contribution is 2.31. The third-order valence-corrected chi connectivity index (χ3v) is 9.99. The van der Waals surface area contributed by atoms with Gasteiger partial charge in [0.1, 0.15) is 18.4 Å². The minimum atomic E-state index is -0.844. The van der Waals surface area contributed by atoms with Crippen molar-refractivity contribution in [2.24, 2.45) is 0 Å². The second-order valence-corrected chi connectivity index (χ2v) is 12.9. The summed E-state index contributed by atoms with van der Waals surface area (Å²) < 4.78 is 11.9. The van der Waals surface area contributed by atoms with Crippen molar-refractivity contribution in [2.75, 3.05) is 53.6 Å². The molecule has 14 heteroatoms. The molecule has 248 valence electrons. The van der Waals surface area contributed by atoms with Crippen LogP contribution in [0, 0.1) is 0 Å². The van der Waals surface area contributed by atoms with Gasteiger partial charge in [0.25, 0.3) is 0 Å². The number of nitrogens with zero attached hydrogens (tertiary/aromatic N) is 6. The van der Waals surface area contributed by atoms with Crippen molar-refractivity contribution in [1.29, 1.82) is 0 Å². The number of carbonyl (C=O) groups excluding carboxylic acids is 4. The largest absolute Gasteiger partial charge is 0.497 e. The molecule has 14 nitrogen and oxygen atoms in total. The highest BCUT2D eigenvalue weighted by molar-refractivity contribution is 5.89. The predicted octanol–water partition coefficient (Wildman–Crippen LogP) is 0.286. The van der Waals surface area contributed by atoms with Crippen LogP contribution in [0.1, 0.15) is 50.6 Å². The lowest BCUT2D eigenvalue weighted by Gasteiger charge is -2.45. The number of benzene rings is 1. The second kappa shape index (κ2) is 13.8. The summed E-state index contributed by atoms with van der Waals surface area (Å²) in [6.45, 7) is 2.76. The van der Waals surface area contributed by atoms with Gasteiger partial charge >= 0.3 is 0 Å². The Kier molecular flexibility index (Phi) is 9.54. The Morgan fingerprint density at radius 2 is 1.74 bits per heavy atom. The van der Waals surface area contributed by atoms with E-state index in [4.69, 9.17) is 9.47 Å². The van der Waals surface area contributed by atoms with E-state index >= 15 is 0 Å². The van der Waals surface area contributed by atoms with Crippen LogP contribution in [-0.4, -0.2) is 131 Å². The average Bonchev–Trinajstić information content (AvgIpc) is 3.75. The molecule has 5 aliphatic rings. The number of nitrogens with one attached hydrogen (secondary N) is 2. The van der Waals surface area contributed by atoms with Gasteiger partial charge in [-0.2, -0.15) is 0 Å². The number of carbonyl (C=O) groups is 4. The first-order chi connectivity index (χ1) is 22.3. The SMILES string of the molecule is COCC(=O)N1CCC2(CC1)CC(=O)N[C@H](Cc1cn(-c3ccc(OC)cc3)nn1)C(=O)N1CCC(CC1)N1CCC[C@H]1C(=O)N2. The molecule has 6 heterocycles. The number of amides is 4. The van der Waals surface area contributed by atoms with E-state index in [9.17, 15) is 19.2 Å². The van der Waals surface area contributed by atoms with E-state index in [1.165, 1.54) is 7.11 Å². The molecule has 0 aliphatic carbocycles. The molecule has 1 aromatic carbocycles. The maximum Gasteiger partial charge on any atom is 0.248 e. The zero-order chi connectivity index (χ0) is 32.3. The van der Waals surface area contributed by atoms with Crippen LogP contribution in [-0.2, 0) is 30.3 Å². The van der Waals surface area contributed by atoms with Gasteiger partial charge in [-0.3, -0.25) is 24.1 Å². The molecule has 0 saturated carbocycles. The molecule has 5 saturated heterocycles. The van der Waals surface area contributed by atoms with Crippen LogP contribution in [0.4, 0.5) is 0 Å². The lowest BCUT2D eigenvalue weighted by atomic mass is 9.83. The van der Waals surface area contributed by atoms with Crippen LogP contribution >= 0.6 is 0 Å². The molecule has 2 bridgehead atoms. The first kappa shape index (κ1) is 31.9. The summed E-state index contributed by atoms with van der Waals surface area (Å²) >= 11 is 0. The number of hydrogen-bond donors (Lipinski definition) is 2. The number of hydrogen-bond acceptors (Lipinski definition) is 9. The number of piperidine rings is 2. The average molecular weight is 637 g/mol. The van der Waals surface area contributed by atoms with Crippen molar-refractivity contribution in [3.8, 4) is 11.4 Å². The van der Waals surface area contributed by atoms with Gasteiger partial charge in [-0.1, -0.05) is 5.21 Å². The fourth-order valence-corrected chi connectivity index (χ4v) is 7.45. The molecule has 2 N–H and O–H groups in total. The van der Waals surface area contributed by atoms with Gasteiger partial charge in [0.15, 0.2) is 0 Å². The Morgan fingerprint density at radius 3 is 2.43 bits per heavy atom. The van der Waals surface area contributed by atoms with Crippen LogP contribution in [0.3, 0.4) is 0 Å². The van der Waals surface area contributed by atoms with Crippen molar-refractivity contribution in [1.82, 2.24) is 40.3 Å². The lowest BCUT2D eigenvalue weighted by molar-refractivity contribution is -0.141. The molecule has 0 unspecified atom stereocenters. The van der Waals surface area contributed by atoms with E-state index in [0.717, 1.165) is 43.7 Å². The Labute approximate surface area is 268 Å². The van der Waals surface area contributed by atoms with E-state index in [1.54, 1.807) is 22.9 Å². The van der Waals surface area contributed by atoms with Crippen molar-refractivity contribution < 1.29 is 28.7 Å². The summed E-state index contributed by atoms with van der Waals surface area (Å²) in [6, 6.07) is 6.50. The molecule has 7 rings (SSSR count). The normalized spacial score (nSPS) is 24.4. The number of ether oxygens (including phenoxy) is 2. The smallest absolute Gasteiger partial charge is 0.248 e. The maximum atomic E-state index is 14.0. The van der Waals surface area contributed by atoms with E-state index in [2.05, 4.69) is 25.8 Å². The molecular weight excluding hydrogens is 592 g/mol. The molecule has 1 spiro atoms. The van der Waals surface area contributed by atoms with Gasteiger partial charge in [-0.05, 0) is 69.3 Å². The fraction of sp³-hybridized carbons (Fsp3) is 0.625. The minimum absolute atomic E-state index is 0.00349. The number of fused-ring (bicyclic) bond motifs is 7. The van der Waals surface area contributed by atoms with Crippen molar-refractivity contribution in [3.05, 3.63) is 36.2 Å². The van der Waals surface area contributed by atoms with Crippen LogP contribution in [0.15, 0.2) is 30.5 Å². The van der Waals surface area contributed by atoms with E-state index in [-0.39, 0.29) is 55.2 Å². The summed E-state index contributed by atoms with van der Waals surface area (Å²) in [6.07, 6.45) is 6.04. The van der Waals surface area contributed by atoms with E-state index < -0.39 is 11.6 Å². The molecule has 1 aromatic heterocycles. The van der Waals surface area contributed by atoms with Crippen molar-refractivity contribution in [2.45, 2.75) is 75.0 Å². The summed E-state index contributed by atoms with van der Waals surface area (Å²) in [5, 5.41) is 14.9. The van der Waals surface area contributed by atoms with Crippen LogP contribution in [0.2, 0.25) is 0 Å². The highest BCUT2D eigenvalue weighted by atomic mass is 16.5. The first-order valence-corrected chi connectivity index (χ1v) is 16.3. The summed E-state index contributed by atoms with van der Waals surface area (Å²) in [5.41, 5.74) is 0.517. The topological polar surface area (TPSA) is 151 Å². The van der Waals surface area contributed by atoms with Crippen LogP contribution < -0.4 is 15.4 Å². The van der Waals surface area contributed by atoms with Gasteiger partial charge in [0.05, 0.1) is 36.3 Å². The number of likely N-dealkylation sites (tertiary alicyclic amines) is 1. The first-order valence-electron chi connectivity index (χ1n) is 16.3. The van der Waals surface area contributed by atoms with Crippen molar-refractivity contribution in [3.63, 3.8) is 0 Å². The zero-order valence-electron chi connectivity index (χ0n) is 26.7. The zero-order valence-corrected chi connectivity index (χ0v) is 26.7. The van der Waals surface area contributed by atoms with Crippen LogP contribution in [0.5, 0.6) is 5.75 Å². The molecule has 2 aromatic rings. The summed E-state index contributed by atoms with van der Waals surface area (Å²) in [7, 11) is 3.09. The van der Waals surface area contributed by atoms with Gasteiger partial charge in [0, 0.05) is 52.2 Å². The third kappa shape index (κ3) is 6.87. The molecule has 4 amide bonds. The Hall–Kier alpha value is -4.04. The quantitative estimate of drug-likeness (QED) is 0.456. The third-order valence-electron chi connectivity index (χ3n) is 9.99. The molecule has 0 radical (unpaired) electrons. The van der Waals surface area contributed by atoms with Crippen molar-refractivity contribution >= 4 is 23.6 Å². The Bertz CT molecular complexity index is 1410. The highest BCUT2D eigenvalue weighted by Gasteiger charge is 2.44. The number of aromatic nitrogens is 3. The van der Waals surface area contributed by atoms with Gasteiger partial charge in [-0.15, -0.1) is 5.10 Å². The molecular formula is C32H44N8O6. The molecule has 2 atom stereocenters. The van der Waals surface area contributed by atoms with Gasteiger partial charge in [0.2, 0.25) is 23.6 Å². The maximum absolute atomic E-state index is 14.0. The Balaban J connectivity index is 1.24. The summed E-state index contributed by atoms with van der Waals surface area (Å²) in [4.78, 5) is 60.1. The Morgan fingerprint density at radius 1 is 1.00 bits per heavy atom. The lowest BCUT2D eigenvalue weighted by Crippen LogP contribution is -2.63. The molecule has 5 aliphatic heterocycles. The minimum Gasteiger partial charge on any atom is -0.497 e. The monoisotopic (exact) mass is 636 g/mol. The van der Waals surface area contributed by atoms with Crippen LogP contribution in [0.25, 0.3) is 5.69 Å². The van der Waals surface area contributed by atoms with Gasteiger partial charge < -0.3 is 29.9 Å². The predicted molar refractivity (Wildman–Crippen MR) is 166 cm³/mol. The second-order valence-electron chi connectivity index (χ2n) is 12.9.